The Morgan fingerprint density at radius 3 is 3.00 bits per heavy atom. The van der Waals surface area contributed by atoms with Gasteiger partial charge in [0.1, 0.15) is 0 Å². The molecule has 0 unspecified atom stereocenters. The highest BCUT2D eigenvalue weighted by atomic mass is 16.5. The van der Waals surface area contributed by atoms with Crippen molar-refractivity contribution >= 4 is 5.69 Å². The van der Waals surface area contributed by atoms with Crippen LogP contribution >= 0.6 is 0 Å². The van der Waals surface area contributed by atoms with Gasteiger partial charge in [-0.3, -0.25) is 4.98 Å². The summed E-state index contributed by atoms with van der Waals surface area (Å²) in [7, 11) is 0. The van der Waals surface area contributed by atoms with Crippen LogP contribution in [-0.2, 0) is 16.1 Å². The molecule has 0 aromatic carbocycles. The van der Waals surface area contributed by atoms with Crippen LogP contribution in [-0.4, -0.2) is 24.8 Å². The largest absolute Gasteiger partial charge is 0.399 e. The Bertz CT molecular complexity index is 325. The van der Waals surface area contributed by atoms with Crippen molar-refractivity contribution in [3.05, 3.63) is 24.0 Å². The van der Waals surface area contributed by atoms with Gasteiger partial charge in [-0.15, -0.1) is 0 Å². The first-order valence-corrected chi connectivity index (χ1v) is 5.70. The summed E-state index contributed by atoms with van der Waals surface area (Å²) in [5, 5.41) is 0. The molecule has 0 saturated carbocycles. The molecule has 16 heavy (non-hydrogen) atoms. The summed E-state index contributed by atoms with van der Waals surface area (Å²) < 4.78 is 10.9. The Hall–Kier alpha value is -1.13. The standard InChI is InChI=1S/C12H18N2O2/c13-11-1-4-14-12(7-11)9-16-8-10-2-5-15-6-3-10/h1,4,7,10H,2-3,5-6,8-9H2,(H2,13,14). The Balaban J connectivity index is 1.71. The maximum absolute atomic E-state index is 5.66. The van der Waals surface area contributed by atoms with E-state index in [0.717, 1.165) is 44.0 Å². The van der Waals surface area contributed by atoms with Crippen LogP contribution in [0.1, 0.15) is 18.5 Å². The number of hydrogen-bond acceptors (Lipinski definition) is 4. The van der Waals surface area contributed by atoms with Crippen molar-refractivity contribution in [2.24, 2.45) is 5.92 Å². The van der Waals surface area contributed by atoms with E-state index in [0.29, 0.717) is 12.5 Å². The van der Waals surface area contributed by atoms with Gasteiger partial charge in [-0.1, -0.05) is 0 Å². The number of anilines is 1. The van der Waals surface area contributed by atoms with Crippen molar-refractivity contribution in [2.45, 2.75) is 19.4 Å². The fraction of sp³-hybridized carbons (Fsp3) is 0.583. The predicted octanol–water partition coefficient (Wildman–Crippen LogP) is 1.61. The fourth-order valence-corrected chi connectivity index (χ4v) is 1.82. The zero-order chi connectivity index (χ0) is 11.2. The predicted molar refractivity (Wildman–Crippen MR) is 61.8 cm³/mol. The molecule has 1 aromatic rings. The monoisotopic (exact) mass is 222 g/mol. The molecular formula is C12H18N2O2. The molecule has 0 spiro atoms. The first-order valence-electron chi connectivity index (χ1n) is 5.70. The smallest absolute Gasteiger partial charge is 0.0888 e. The SMILES string of the molecule is Nc1ccnc(COCC2CCOCC2)c1. The molecule has 1 fully saturated rings. The highest BCUT2D eigenvalue weighted by Gasteiger charge is 2.13. The zero-order valence-corrected chi connectivity index (χ0v) is 9.39. The number of nitrogen functional groups attached to an aromatic ring is 1. The lowest BCUT2D eigenvalue weighted by atomic mass is 10.0. The van der Waals surface area contributed by atoms with E-state index in [2.05, 4.69) is 4.98 Å². The van der Waals surface area contributed by atoms with Crippen LogP contribution in [0.2, 0.25) is 0 Å². The minimum atomic E-state index is 0.544. The highest BCUT2D eigenvalue weighted by Crippen LogP contribution is 2.15. The lowest BCUT2D eigenvalue weighted by Gasteiger charge is -2.21. The Morgan fingerprint density at radius 1 is 1.44 bits per heavy atom. The number of ether oxygens (including phenoxy) is 2. The number of nitrogens with two attached hydrogens (primary N) is 1. The van der Waals surface area contributed by atoms with Crippen LogP contribution in [0, 0.1) is 5.92 Å². The molecule has 2 rings (SSSR count). The van der Waals surface area contributed by atoms with Crippen molar-refractivity contribution in [3.63, 3.8) is 0 Å². The van der Waals surface area contributed by atoms with Gasteiger partial charge in [-0.2, -0.15) is 0 Å². The molecule has 88 valence electrons. The van der Waals surface area contributed by atoms with E-state index in [1.54, 1.807) is 12.3 Å². The summed E-state index contributed by atoms with van der Waals surface area (Å²) in [5.41, 5.74) is 7.29. The molecular weight excluding hydrogens is 204 g/mol. The van der Waals surface area contributed by atoms with Crippen molar-refractivity contribution in [3.8, 4) is 0 Å². The van der Waals surface area contributed by atoms with Crippen molar-refractivity contribution in [1.82, 2.24) is 4.98 Å². The van der Waals surface area contributed by atoms with Gasteiger partial charge in [-0.05, 0) is 30.9 Å². The van der Waals surface area contributed by atoms with Gasteiger partial charge < -0.3 is 15.2 Å². The molecule has 2 heterocycles. The molecule has 4 nitrogen and oxygen atoms in total. The molecule has 0 amide bonds. The maximum Gasteiger partial charge on any atom is 0.0888 e. The van der Waals surface area contributed by atoms with E-state index < -0.39 is 0 Å². The molecule has 2 N–H and O–H groups in total. The normalized spacial score (nSPS) is 17.5. The number of hydrogen-bond donors (Lipinski definition) is 1. The molecule has 1 saturated heterocycles. The van der Waals surface area contributed by atoms with Gasteiger partial charge in [0.15, 0.2) is 0 Å². The van der Waals surface area contributed by atoms with Gasteiger partial charge in [0.05, 0.1) is 18.9 Å². The lowest BCUT2D eigenvalue weighted by molar-refractivity contribution is 0.0150. The summed E-state index contributed by atoms with van der Waals surface area (Å²) in [5.74, 6) is 0.634. The molecule has 0 atom stereocenters. The van der Waals surface area contributed by atoms with E-state index in [-0.39, 0.29) is 0 Å². The molecule has 1 aliphatic rings. The molecule has 0 bridgehead atoms. The van der Waals surface area contributed by atoms with Crippen LogP contribution in [0.25, 0.3) is 0 Å². The van der Waals surface area contributed by atoms with E-state index in [9.17, 15) is 0 Å². The van der Waals surface area contributed by atoms with Gasteiger partial charge in [0, 0.05) is 25.1 Å². The number of nitrogens with zero attached hydrogens (tertiary/aromatic N) is 1. The van der Waals surface area contributed by atoms with Gasteiger partial charge in [0.25, 0.3) is 0 Å². The Morgan fingerprint density at radius 2 is 2.25 bits per heavy atom. The molecule has 4 heteroatoms. The topological polar surface area (TPSA) is 57.4 Å². The van der Waals surface area contributed by atoms with Crippen LogP contribution in [0.4, 0.5) is 5.69 Å². The number of pyridine rings is 1. The van der Waals surface area contributed by atoms with Crippen molar-refractivity contribution in [1.29, 1.82) is 0 Å². The summed E-state index contributed by atoms with van der Waals surface area (Å²) in [6.07, 6.45) is 3.91. The summed E-state index contributed by atoms with van der Waals surface area (Å²) in [6.45, 7) is 3.07. The highest BCUT2D eigenvalue weighted by molar-refractivity contribution is 5.36. The second-order valence-electron chi connectivity index (χ2n) is 4.15. The van der Waals surface area contributed by atoms with Gasteiger partial charge in [0.2, 0.25) is 0 Å². The van der Waals surface area contributed by atoms with Crippen LogP contribution in [0.3, 0.4) is 0 Å². The van der Waals surface area contributed by atoms with E-state index in [1.165, 1.54) is 0 Å². The van der Waals surface area contributed by atoms with Gasteiger partial charge >= 0.3 is 0 Å². The minimum Gasteiger partial charge on any atom is -0.399 e. The average molecular weight is 222 g/mol. The summed E-state index contributed by atoms with van der Waals surface area (Å²) >= 11 is 0. The average Bonchev–Trinajstić information content (AvgIpc) is 2.30. The first kappa shape index (κ1) is 11.4. The number of aromatic nitrogens is 1. The second-order valence-corrected chi connectivity index (χ2v) is 4.15. The third-order valence-electron chi connectivity index (χ3n) is 2.78. The molecule has 1 aromatic heterocycles. The third kappa shape index (κ3) is 3.47. The maximum atomic E-state index is 5.66. The fourth-order valence-electron chi connectivity index (χ4n) is 1.82. The zero-order valence-electron chi connectivity index (χ0n) is 9.39. The third-order valence-corrected chi connectivity index (χ3v) is 2.78. The van der Waals surface area contributed by atoms with Crippen LogP contribution in [0.5, 0.6) is 0 Å². The Labute approximate surface area is 95.8 Å². The first-order chi connectivity index (χ1) is 7.84. The van der Waals surface area contributed by atoms with Gasteiger partial charge in [-0.25, -0.2) is 0 Å². The summed E-state index contributed by atoms with van der Waals surface area (Å²) in [4.78, 5) is 4.19. The molecule has 1 aliphatic heterocycles. The quantitative estimate of drug-likeness (QED) is 0.840. The molecule has 0 aliphatic carbocycles. The van der Waals surface area contributed by atoms with E-state index >= 15 is 0 Å². The number of rotatable bonds is 4. The Kier molecular flexibility index (Phi) is 4.13. The van der Waals surface area contributed by atoms with Crippen LogP contribution in [0.15, 0.2) is 18.3 Å². The van der Waals surface area contributed by atoms with E-state index in [4.69, 9.17) is 15.2 Å². The lowest BCUT2D eigenvalue weighted by Crippen LogP contribution is -2.20. The van der Waals surface area contributed by atoms with Crippen molar-refractivity contribution in [2.75, 3.05) is 25.6 Å². The summed E-state index contributed by atoms with van der Waals surface area (Å²) in [6, 6.07) is 3.63. The second kappa shape index (κ2) is 5.82. The van der Waals surface area contributed by atoms with Crippen molar-refractivity contribution < 1.29 is 9.47 Å². The molecule has 0 radical (unpaired) electrons. The van der Waals surface area contributed by atoms with Crippen LogP contribution < -0.4 is 5.73 Å². The van der Waals surface area contributed by atoms with E-state index in [1.807, 2.05) is 6.07 Å². The minimum absolute atomic E-state index is 0.544.